The van der Waals surface area contributed by atoms with E-state index in [4.69, 9.17) is 4.74 Å². The van der Waals surface area contributed by atoms with Gasteiger partial charge in [0.15, 0.2) is 0 Å². The van der Waals surface area contributed by atoms with Crippen LogP contribution >= 0.6 is 0 Å². The van der Waals surface area contributed by atoms with Gasteiger partial charge in [0, 0.05) is 30.5 Å². The highest BCUT2D eigenvalue weighted by molar-refractivity contribution is 5.69. The minimum atomic E-state index is -1.09. The fraction of sp³-hybridized carbons (Fsp3) is 0.391. The van der Waals surface area contributed by atoms with Gasteiger partial charge in [0.2, 0.25) is 0 Å². The zero-order valence-electron chi connectivity index (χ0n) is 15.8. The molecule has 1 N–H and O–H groups in total. The number of hydrogen-bond acceptors (Lipinski definition) is 4. The van der Waals surface area contributed by atoms with E-state index in [-0.39, 0.29) is 24.8 Å². The Morgan fingerprint density at radius 2 is 1.75 bits per heavy atom. The molecule has 4 rings (SSSR count). The van der Waals surface area contributed by atoms with Crippen molar-refractivity contribution in [3.8, 4) is 6.07 Å². The molecule has 2 saturated heterocycles. The van der Waals surface area contributed by atoms with Gasteiger partial charge in [-0.1, -0.05) is 48.5 Å². The molecule has 5 nitrogen and oxygen atoms in total. The second-order valence-electron chi connectivity index (χ2n) is 7.78. The maximum Gasteiger partial charge on any atom is 0.410 e. The minimum absolute atomic E-state index is 0.0764. The lowest BCUT2D eigenvalue weighted by Crippen LogP contribution is -2.59. The van der Waals surface area contributed by atoms with E-state index < -0.39 is 5.60 Å². The standard InChI is InChI=1S/C23H24N2O3/c24-15-18-9-4-5-12-21(18)23(27)13-19-10-6-11-20(14-23)25(19)22(26)28-16-17-7-2-1-3-8-17/h1-5,7-9,12,19-20,27H,6,10-11,13-14,16H2. The van der Waals surface area contributed by atoms with Crippen LogP contribution in [0.15, 0.2) is 54.6 Å². The number of hydrogen-bond donors (Lipinski definition) is 1. The second kappa shape index (κ2) is 7.65. The molecule has 2 bridgehead atoms. The first-order valence-electron chi connectivity index (χ1n) is 9.82. The topological polar surface area (TPSA) is 73.6 Å². The summed E-state index contributed by atoms with van der Waals surface area (Å²) < 4.78 is 5.58. The fourth-order valence-electron chi connectivity index (χ4n) is 4.73. The number of carbonyl (C=O) groups is 1. The Morgan fingerprint density at radius 3 is 2.43 bits per heavy atom. The van der Waals surface area contributed by atoms with Crippen molar-refractivity contribution in [3.05, 3.63) is 71.3 Å². The summed E-state index contributed by atoms with van der Waals surface area (Å²) in [5, 5.41) is 20.9. The zero-order chi connectivity index (χ0) is 19.6. The van der Waals surface area contributed by atoms with Crippen LogP contribution in [0.3, 0.4) is 0 Å². The minimum Gasteiger partial charge on any atom is -0.445 e. The first kappa shape index (κ1) is 18.5. The van der Waals surface area contributed by atoms with Crippen molar-refractivity contribution in [2.24, 2.45) is 0 Å². The van der Waals surface area contributed by atoms with Crippen LogP contribution in [0.4, 0.5) is 4.79 Å². The van der Waals surface area contributed by atoms with E-state index in [9.17, 15) is 15.2 Å². The van der Waals surface area contributed by atoms with Gasteiger partial charge in [-0.15, -0.1) is 0 Å². The molecule has 28 heavy (non-hydrogen) atoms. The summed E-state index contributed by atoms with van der Waals surface area (Å²) in [6, 6.07) is 18.9. The maximum atomic E-state index is 12.8. The predicted octanol–water partition coefficient (Wildman–Crippen LogP) is 4.10. The summed E-state index contributed by atoms with van der Waals surface area (Å²) in [7, 11) is 0. The number of aliphatic hydroxyl groups is 1. The quantitative estimate of drug-likeness (QED) is 0.875. The Labute approximate surface area is 165 Å². The normalized spacial score (nSPS) is 26.4. The van der Waals surface area contributed by atoms with Gasteiger partial charge in [-0.2, -0.15) is 5.26 Å². The molecular weight excluding hydrogens is 352 g/mol. The Hall–Kier alpha value is -2.84. The van der Waals surface area contributed by atoms with Gasteiger partial charge in [-0.25, -0.2) is 4.79 Å². The van der Waals surface area contributed by atoms with Crippen molar-refractivity contribution < 1.29 is 14.6 Å². The highest BCUT2D eigenvalue weighted by atomic mass is 16.6. The third-order valence-corrected chi connectivity index (χ3v) is 5.97. The molecule has 0 saturated carbocycles. The molecule has 5 heteroatoms. The van der Waals surface area contributed by atoms with Gasteiger partial charge in [0.05, 0.1) is 17.2 Å². The summed E-state index contributed by atoms with van der Waals surface area (Å²) in [6.45, 7) is 0.247. The van der Waals surface area contributed by atoms with E-state index in [0.29, 0.717) is 24.0 Å². The van der Waals surface area contributed by atoms with Crippen LogP contribution in [0.2, 0.25) is 0 Å². The van der Waals surface area contributed by atoms with Gasteiger partial charge in [-0.05, 0) is 30.9 Å². The number of amides is 1. The summed E-state index contributed by atoms with van der Waals surface area (Å²) in [4.78, 5) is 14.7. The number of piperidine rings is 2. The van der Waals surface area contributed by atoms with Crippen LogP contribution in [-0.2, 0) is 16.9 Å². The van der Waals surface area contributed by atoms with Gasteiger partial charge in [0.1, 0.15) is 6.61 Å². The largest absolute Gasteiger partial charge is 0.445 e. The van der Waals surface area contributed by atoms with Gasteiger partial charge in [0.25, 0.3) is 0 Å². The van der Waals surface area contributed by atoms with Crippen LogP contribution in [0, 0.1) is 11.3 Å². The average molecular weight is 376 g/mol. The summed E-state index contributed by atoms with van der Waals surface area (Å²) in [5.41, 5.74) is 1.05. The number of nitrogens with zero attached hydrogens (tertiary/aromatic N) is 2. The van der Waals surface area contributed by atoms with Gasteiger partial charge >= 0.3 is 6.09 Å². The number of nitriles is 1. The Balaban J connectivity index is 1.52. The number of carbonyl (C=O) groups excluding carboxylic acids is 1. The number of fused-ring (bicyclic) bond motifs is 2. The number of benzene rings is 2. The summed E-state index contributed by atoms with van der Waals surface area (Å²) in [5.74, 6) is 0. The average Bonchev–Trinajstić information content (AvgIpc) is 2.72. The molecule has 0 spiro atoms. The van der Waals surface area contributed by atoms with E-state index >= 15 is 0 Å². The van der Waals surface area contributed by atoms with E-state index in [1.807, 2.05) is 53.4 Å². The first-order chi connectivity index (χ1) is 13.6. The third-order valence-electron chi connectivity index (χ3n) is 5.97. The van der Waals surface area contributed by atoms with Crippen LogP contribution in [0.5, 0.6) is 0 Å². The van der Waals surface area contributed by atoms with Crippen molar-refractivity contribution >= 4 is 6.09 Å². The smallest absolute Gasteiger partial charge is 0.410 e. The number of rotatable bonds is 3. The van der Waals surface area contributed by atoms with Crippen LogP contribution < -0.4 is 0 Å². The summed E-state index contributed by atoms with van der Waals surface area (Å²) in [6.07, 6.45) is 3.27. The van der Waals surface area contributed by atoms with Gasteiger partial charge < -0.3 is 14.7 Å². The van der Waals surface area contributed by atoms with Crippen molar-refractivity contribution in [2.75, 3.05) is 0 Å². The van der Waals surface area contributed by atoms with Crippen LogP contribution in [0.25, 0.3) is 0 Å². The highest BCUT2D eigenvalue weighted by Gasteiger charge is 2.49. The van der Waals surface area contributed by atoms with Crippen molar-refractivity contribution in [2.45, 2.75) is 56.4 Å². The molecule has 2 fully saturated rings. The molecule has 2 aromatic carbocycles. The van der Waals surface area contributed by atoms with Crippen molar-refractivity contribution in [1.82, 2.24) is 4.90 Å². The lowest BCUT2D eigenvalue weighted by molar-refractivity contribution is -0.0897. The fourth-order valence-corrected chi connectivity index (χ4v) is 4.73. The molecule has 2 atom stereocenters. The van der Waals surface area contributed by atoms with E-state index in [0.717, 1.165) is 24.8 Å². The molecule has 2 aliphatic rings. The molecule has 2 heterocycles. The second-order valence-corrected chi connectivity index (χ2v) is 7.78. The van der Waals surface area contributed by atoms with Crippen molar-refractivity contribution in [1.29, 1.82) is 5.26 Å². The molecule has 1 amide bonds. The zero-order valence-corrected chi connectivity index (χ0v) is 15.8. The van der Waals surface area contributed by atoms with E-state index in [2.05, 4.69) is 6.07 Å². The Bertz CT molecular complexity index is 876. The van der Waals surface area contributed by atoms with Gasteiger partial charge in [-0.3, -0.25) is 0 Å². The maximum absolute atomic E-state index is 12.8. The molecule has 2 unspecified atom stereocenters. The lowest BCUT2D eigenvalue weighted by atomic mass is 9.72. The molecular formula is C23H24N2O3. The van der Waals surface area contributed by atoms with E-state index in [1.165, 1.54) is 0 Å². The predicted molar refractivity (Wildman–Crippen MR) is 104 cm³/mol. The molecule has 0 radical (unpaired) electrons. The van der Waals surface area contributed by atoms with Crippen molar-refractivity contribution in [3.63, 3.8) is 0 Å². The molecule has 0 aliphatic carbocycles. The van der Waals surface area contributed by atoms with Crippen LogP contribution in [-0.4, -0.2) is 28.2 Å². The highest BCUT2D eigenvalue weighted by Crippen LogP contribution is 2.45. The van der Waals surface area contributed by atoms with Crippen LogP contribution in [0.1, 0.15) is 48.8 Å². The Morgan fingerprint density at radius 1 is 1.11 bits per heavy atom. The molecule has 2 aliphatic heterocycles. The monoisotopic (exact) mass is 376 g/mol. The molecule has 0 aromatic heterocycles. The number of ether oxygens (including phenoxy) is 1. The third kappa shape index (κ3) is 3.48. The van der Waals surface area contributed by atoms with E-state index in [1.54, 1.807) is 6.07 Å². The first-order valence-corrected chi connectivity index (χ1v) is 9.82. The summed E-state index contributed by atoms with van der Waals surface area (Å²) >= 11 is 0. The Kier molecular flexibility index (Phi) is 5.06. The molecule has 144 valence electrons. The molecule has 2 aromatic rings. The lowest BCUT2D eigenvalue weighted by Gasteiger charge is -2.51. The SMILES string of the molecule is N#Cc1ccccc1C1(O)CC2CCCC(C1)N2C(=O)OCc1ccccc1.